The second-order valence-electron chi connectivity index (χ2n) is 6.27. The normalized spacial score (nSPS) is 11.3. The Labute approximate surface area is 172 Å². The zero-order valence-electron chi connectivity index (χ0n) is 15.5. The van der Waals surface area contributed by atoms with E-state index in [1.807, 2.05) is 0 Å². The van der Waals surface area contributed by atoms with Crippen molar-refractivity contribution in [3.05, 3.63) is 82.8 Å². The van der Waals surface area contributed by atoms with E-state index < -0.39 is 22.4 Å². The van der Waals surface area contributed by atoms with Gasteiger partial charge in [-0.25, -0.2) is 4.98 Å². The molecular weight excluding hydrogens is 415 g/mol. The highest BCUT2D eigenvalue weighted by Crippen LogP contribution is 2.37. The minimum atomic E-state index is -4.49. The molecular formula is C20H12F3N5O3. The number of benzene rings is 2. The van der Waals surface area contributed by atoms with Crippen molar-refractivity contribution in [1.82, 2.24) is 15.0 Å². The van der Waals surface area contributed by atoms with Crippen LogP contribution in [0.5, 0.6) is 11.6 Å². The number of hydrogen-bond acceptors (Lipinski definition) is 7. The van der Waals surface area contributed by atoms with E-state index in [2.05, 4.69) is 20.3 Å². The Morgan fingerprint density at radius 2 is 1.71 bits per heavy atom. The SMILES string of the molecule is O=[N+]([O-])c1c(Nc2ccc(C(F)(F)F)cc2)ncnc1Oc1cccc2cccnc12. The molecule has 0 atom stereocenters. The van der Waals surface area contributed by atoms with Gasteiger partial charge in [0.15, 0.2) is 5.75 Å². The number of aromatic nitrogens is 3. The Morgan fingerprint density at radius 3 is 2.42 bits per heavy atom. The zero-order chi connectivity index (χ0) is 22.0. The van der Waals surface area contributed by atoms with Gasteiger partial charge >= 0.3 is 17.7 Å². The molecule has 0 spiro atoms. The Balaban J connectivity index is 1.69. The molecule has 2 aromatic carbocycles. The van der Waals surface area contributed by atoms with Gasteiger partial charge in [-0.2, -0.15) is 18.2 Å². The monoisotopic (exact) mass is 427 g/mol. The summed E-state index contributed by atoms with van der Waals surface area (Å²) in [4.78, 5) is 22.9. The molecule has 1 N–H and O–H groups in total. The molecule has 0 unspecified atom stereocenters. The highest BCUT2D eigenvalue weighted by atomic mass is 19.4. The highest BCUT2D eigenvalue weighted by Gasteiger charge is 2.30. The van der Waals surface area contributed by atoms with E-state index in [0.29, 0.717) is 5.52 Å². The van der Waals surface area contributed by atoms with E-state index in [4.69, 9.17) is 4.74 Å². The Hall–Kier alpha value is -4.28. The van der Waals surface area contributed by atoms with Crippen LogP contribution in [0.15, 0.2) is 67.1 Å². The van der Waals surface area contributed by atoms with Crippen molar-refractivity contribution in [2.75, 3.05) is 5.32 Å². The number of ether oxygens (including phenoxy) is 1. The highest BCUT2D eigenvalue weighted by molar-refractivity contribution is 5.84. The molecule has 11 heteroatoms. The molecule has 0 aliphatic carbocycles. The number of pyridine rings is 1. The lowest BCUT2D eigenvalue weighted by atomic mass is 10.2. The van der Waals surface area contributed by atoms with Crippen molar-refractivity contribution in [3.63, 3.8) is 0 Å². The number of nitrogens with zero attached hydrogens (tertiary/aromatic N) is 4. The molecule has 2 aromatic heterocycles. The molecule has 2 heterocycles. The molecule has 0 fully saturated rings. The van der Waals surface area contributed by atoms with Crippen LogP contribution in [-0.2, 0) is 6.18 Å². The van der Waals surface area contributed by atoms with Gasteiger partial charge in [-0.3, -0.25) is 15.1 Å². The van der Waals surface area contributed by atoms with Gasteiger partial charge in [0.05, 0.1) is 10.5 Å². The van der Waals surface area contributed by atoms with Gasteiger partial charge in [-0.05, 0) is 36.4 Å². The average Bonchev–Trinajstić information content (AvgIpc) is 2.74. The second kappa shape index (κ2) is 7.86. The van der Waals surface area contributed by atoms with Gasteiger partial charge in [0, 0.05) is 17.3 Å². The quantitative estimate of drug-likeness (QED) is 0.332. The maximum atomic E-state index is 12.7. The molecule has 0 amide bonds. The van der Waals surface area contributed by atoms with Crippen LogP contribution in [0.3, 0.4) is 0 Å². The minimum Gasteiger partial charge on any atom is -0.431 e. The number of alkyl halides is 3. The van der Waals surface area contributed by atoms with Crippen LogP contribution in [0.25, 0.3) is 10.9 Å². The first-order valence-electron chi connectivity index (χ1n) is 8.78. The largest absolute Gasteiger partial charge is 0.431 e. The molecule has 0 bridgehead atoms. The van der Waals surface area contributed by atoms with E-state index >= 15 is 0 Å². The van der Waals surface area contributed by atoms with Crippen molar-refractivity contribution < 1.29 is 22.8 Å². The molecule has 4 aromatic rings. The standard InChI is InChI=1S/C20H12F3N5O3/c21-20(22,23)13-6-8-14(9-7-13)27-18-17(28(29)30)19(26-11-25-18)31-15-5-1-3-12-4-2-10-24-16(12)15/h1-11H,(H,25,26,27). The van der Waals surface area contributed by atoms with Gasteiger partial charge < -0.3 is 10.1 Å². The summed E-state index contributed by atoms with van der Waals surface area (Å²) in [7, 11) is 0. The van der Waals surface area contributed by atoms with Crippen molar-refractivity contribution >= 4 is 28.1 Å². The summed E-state index contributed by atoms with van der Waals surface area (Å²) >= 11 is 0. The molecule has 8 nitrogen and oxygen atoms in total. The predicted molar refractivity (Wildman–Crippen MR) is 105 cm³/mol. The van der Waals surface area contributed by atoms with Gasteiger partial charge in [-0.15, -0.1) is 0 Å². The number of rotatable bonds is 5. The molecule has 0 aliphatic heterocycles. The summed E-state index contributed by atoms with van der Waals surface area (Å²) < 4.78 is 43.9. The number of fused-ring (bicyclic) bond motifs is 1. The summed E-state index contributed by atoms with van der Waals surface area (Å²) in [6.45, 7) is 0. The van der Waals surface area contributed by atoms with E-state index in [9.17, 15) is 23.3 Å². The summed E-state index contributed by atoms with van der Waals surface area (Å²) in [6.07, 6.45) is -1.89. The fourth-order valence-electron chi connectivity index (χ4n) is 2.84. The van der Waals surface area contributed by atoms with Crippen molar-refractivity contribution in [1.29, 1.82) is 0 Å². The molecule has 0 radical (unpaired) electrons. The number of nitro groups is 1. The van der Waals surface area contributed by atoms with Crippen LogP contribution >= 0.6 is 0 Å². The lowest BCUT2D eigenvalue weighted by molar-refractivity contribution is -0.385. The van der Waals surface area contributed by atoms with Crippen molar-refractivity contribution in [2.24, 2.45) is 0 Å². The predicted octanol–water partition coefficient (Wildman–Crippen LogP) is 5.49. The minimum absolute atomic E-state index is 0.174. The van der Waals surface area contributed by atoms with E-state index in [1.54, 1.807) is 36.5 Å². The fraction of sp³-hybridized carbons (Fsp3) is 0.0500. The third-order valence-electron chi connectivity index (χ3n) is 4.25. The zero-order valence-corrected chi connectivity index (χ0v) is 15.5. The molecule has 0 saturated heterocycles. The van der Waals surface area contributed by atoms with E-state index in [1.165, 1.54) is 0 Å². The molecule has 0 saturated carbocycles. The fourth-order valence-corrected chi connectivity index (χ4v) is 2.84. The number of nitrogens with one attached hydrogen (secondary N) is 1. The maximum Gasteiger partial charge on any atom is 0.416 e. The van der Waals surface area contributed by atoms with Crippen molar-refractivity contribution in [3.8, 4) is 11.6 Å². The first-order valence-corrected chi connectivity index (χ1v) is 8.78. The first kappa shape index (κ1) is 20.0. The summed E-state index contributed by atoms with van der Waals surface area (Å²) in [5, 5.41) is 15.1. The van der Waals surface area contributed by atoms with Crippen LogP contribution in [0.4, 0.5) is 30.4 Å². The van der Waals surface area contributed by atoms with Gasteiger partial charge in [0.25, 0.3) is 0 Å². The van der Waals surface area contributed by atoms with Crippen molar-refractivity contribution in [2.45, 2.75) is 6.18 Å². The first-order chi connectivity index (χ1) is 14.8. The van der Waals surface area contributed by atoms with Crippen LogP contribution in [0, 0.1) is 10.1 Å². The summed E-state index contributed by atoms with van der Waals surface area (Å²) in [6, 6.07) is 12.6. The second-order valence-corrected chi connectivity index (χ2v) is 6.27. The number of hydrogen-bond donors (Lipinski definition) is 1. The van der Waals surface area contributed by atoms with Crippen LogP contribution in [0.2, 0.25) is 0 Å². The Bertz CT molecular complexity index is 1260. The average molecular weight is 427 g/mol. The van der Waals surface area contributed by atoms with Crippen LogP contribution in [0.1, 0.15) is 5.56 Å². The summed E-state index contributed by atoms with van der Waals surface area (Å²) in [5.74, 6) is -0.323. The van der Waals surface area contributed by atoms with E-state index in [0.717, 1.165) is 36.0 Å². The van der Waals surface area contributed by atoms with E-state index in [-0.39, 0.29) is 23.1 Å². The van der Waals surface area contributed by atoms with Gasteiger partial charge in [0.2, 0.25) is 5.82 Å². The smallest absolute Gasteiger partial charge is 0.416 e. The molecule has 156 valence electrons. The Morgan fingerprint density at radius 1 is 0.968 bits per heavy atom. The molecule has 4 rings (SSSR count). The molecule has 31 heavy (non-hydrogen) atoms. The lowest BCUT2D eigenvalue weighted by Gasteiger charge is -2.11. The van der Waals surface area contributed by atoms with Gasteiger partial charge in [-0.1, -0.05) is 18.2 Å². The Kier molecular flexibility index (Phi) is 5.07. The third-order valence-corrected chi connectivity index (χ3v) is 4.25. The van der Waals surface area contributed by atoms with Crippen LogP contribution in [-0.4, -0.2) is 19.9 Å². The summed E-state index contributed by atoms with van der Waals surface area (Å²) in [5.41, 5.74) is -0.763. The van der Waals surface area contributed by atoms with Gasteiger partial charge in [0.1, 0.15) is 11.8 Å². The van der Waals surface area contributed by atoms with Crippen LogP contribution < -0.4 is 10.1 Å². The number of para-hydroxylation sites is 1. The molecule has 0 aliphatic rings. The number of anilines is 2. The topological polar surface area (TPSA) is 103 Å². The maximum absolute atomic E-state index is 12.7. The third kappa shape index (κ3) is 4.20. The lowest BCUT2D eigenvalue weighted by Crippen LogP contribution is -2.06. The number of halogens is 3.